The zero-order chi connectivity index (χ0) is 17.0. The van der Waals surface area contributed by atoms with E-state index in [0.29, 0.717) is 6.42 Å². The van der Waals surface area contributed by atoms with Gasteiger partial charge in [0.15, 0.2) is 11.5 Å². The molecule has 2 rings (SSSR count). The third-order valence-electron chi connectivity index (χ3n) is 4.16. The van der Waals surface area contributed by atoms with Gasteiger partial charge in [0.2, 0.25) is 0 Å². The Morgan fingerprint density at radius 2 is 1.86 bits per heavy atom. The molecule has 2 fully saturated rings. The third-order valence-corrected chi connectivity index (χ3v) is 4.16. The smallest absolute Gasteiger partial charge is 0.409 e. The predicted octanol–water partition coefficient (Wildman–Crippen LogP) is 2.51. The molecule has 1 aliphatic heterocycles. The number of rotatable bonds is 2. The van der Waals surface area contributed by atoms with Crippen LogP contribution in [0.5, 0.6) is 0 Å². The zero-order valence-corrected chi connectivity index (χ0v) is 14.8. The van der Waals surface area contributed by atoms with Gasteiger partial charge in [0, 0.05) is 11.5 Å². The normalized spacial score (nSPS) is 34.4. The van der Waals surface area contributed by atoms with Crippen molar-refractivity contribution >= 4 is 6.09 Å². The maximum Gasteiger partial charge on any atom is 0.409 e. The lowest BCUT2D eigenvalue weighted by Crippen LogP contribution is -2.57. The van der Waals surface area contributed by atoms with Crippen LogP contribution in [-0.4, -0.2) is 34.8 Å². The van der Waals surface area contributed by atoms with Gasteiger partial charge in [-0.05, 0) is 61.3 Å². The van der Waals surface area contributed by atoms with Gasteiger partial charge < -0.3 is 19.9 Å². The van der Waals surface area contributed by atoms with Crippen LogP contribution in [0, 0.1) is 5.92 Å². The van der Waals surface area contributed by atoms with E-state index in [1.54, 1.807) is 0 Å². The summed E-state index contributed by atoms with van der Waals surface area (Å²) in [5.41, 5.74) is 4.46. The van der Waals surface area contributed by atoms with Crippen LogP contribution in [0.4, 0.5) is 4.79 Å². The van der Waals surface area contributed by atoms with Crippen LogP contribution < -0.4 is 11.1 Å². The highest BCUT2D eigenvalue weighted by Crippen LogP contribution is 2.50. The zero-order valence-electron chi connectivity index (χ0n) is 14.8. The average Bonchev–Trinajstić information content (AvgIpc) is 2.61. The third kappa shape index (κ3) is 3.55. The summed E-state index contributed by atoms with van der Waals surface area (Å²) < 4.78 is 17.5. The van der Waals surface area contributed by atoms with Crippen LogP contribution in [0.25, 0.3) is 0 Å². The summed E-state index contributed by atoms with van der Waals surface area (Å²) in [6, 6.07) is 0. The van der Waals surface area contributed by atoms with E-state index in [2.05, 4.69) is 5.32 Å². The second-order valence-electron chi connectivity index (χ2n) is 8.52. The summed E-state index contributed by atoms with van der Waals surface area (Å²) in [4.78, 5) is 12.2. The van der Waals surface area contributed by atoms with Gasteiger partial charge in [0.25, 0.3) is 0 Å². The number of hydrogen-bond acceptors (Lipinski definition) is 5. The lowest BCUT2D eigenvalue weighted by atomic mass is 9.85. The van der Waals surface area contributed by atoms with Gasteiger partial charge in [0.05, 0.1) is 0 Å². The average molecular weight is 314 g/mol. The second-order valence-corrected chi connectivity index (χ2v) is 8.52. The molecule has 3 atom stereocenters. The van der Waals surface area contributed by atoms with Crippen molar-refractivity contribution in [2.75, 3.05) is 0 Å². The molecule has 0 aromatic carbocycles. The highest BCUT2D eigenvalue weighted by Gasteiger charge is 2.63. The van der Waals surface area contributed by atoms with Crippen molar-refractivity contribution in [2.24, 2.45) is 11.7 Å². The number of ether oxygens (including phenoxy) is 3. The van der Waals surface area contributed by atoms with Crippen molar-refractivity contribution in [3.63, 3.8) is 0 Å². The van der Waals surface area contributed by atoms with Crippen LogP contribution in [-0.2, 0) is 14.2 Å². The molecule has 1 saturated heterocycles. The van der Waals surface area contributed by atoms with E-state index in [0.717, 1.165) is 6.42 Å². The minimum atomic E-state index is -0.868. The fourth-order valence-electron chi connectivity index (χ4n) is 3.44. The van der Waals surface area contributed by atoms with E-state index in [1.165, 1.54) is 0 Å². The summed E-state index contributed by atoms with van der Waals surface area (Å²) in [5.74, 6) is -0.659. The number of nitrogens with two attached hydrogens (primary N) is 1. The Bertz CT molecular complexity index is 450. The minimum Gasteiger partial charge on any atom is -0.444 e. The van der Waals surface area contributed by atoms with E-state index >= 15 is 0 Å². The molecule has 0 bridgehead atoms. The van der Waals surface area contributed by atoms with E-state index < -0.39 is 28.7 Å². The van der Waals surface area contributed by atoms with Crippen LogP contribution >= 0.6 is 0 Å². The van der Waals surface area contributed by atoms with Crippen molar-refractivity contribution < 1.29 is 19.0 Å². The summed E-state index contributed by atoms with van der Waals surface area (Å²) in [6.45, 7) is 13.2. The molecule has 0 aromatic heterocycles. The number of amides is 1. The van der Waals surface area contributed by atoms with Gasteiger partial charge >= 0.3 is 6.09 Å². The number of carbonyl (C=O) groups is 1. The second kappa shape index (κ2) is 5.08. The topological polar surface area (TPSA) is 82.8 Å². The summed E-state index contributed by atoms with van der Waals surface area (Å²) >= 11 is 0. The maximum atomic E-state index is 12.2. The molecular formula is C16H30N2O4. The van der Waals surface area contributed by atoms with Crippen LogP contribution in [0.15, 0.2) is 0 Å². The number of carbonyl (C=O) groups excluding carboxylic acids is 1. The first-order chi connectivity index (χ1) is 9.74. The molecule has 0 spiro atoms. The summed E-state index contributed by atoms with van der Waals surface area (Å²) in [5, 5.41) is 2.90. The molecule has 3 unspecified atom stereocenters. The number of fused-ring (bicyclic) bond motifs is 1. The fraction of sp³-hybridized carbons (Fsp3) is 0.938. The first-order valence-electron chi connectivity index (χ1n) is 7.92. The largest absolute Gasteiger partial charge is 0.444 e. The SMILES string of the molecule is CC(C)(C)OC(=O)NC12CCC(C(C)(C)N)C1OC(C)(C)O2. The highest BCUT2D eigenvalue weighted by molar-refractivity contribution is 5.68. The molecule has 6 heteroatoms. The molecule has 22 heavy (non-hydrogen) atoms. The molecule has 3 N–H and O–H groups in total. The molecule has 1 aliphatic carbocycles. The van der Waals surface area contributed by atoms with Crippen molar-refractivity contribution in [2.45, 2.75) is 90.1 Å². The van der Waals surface area contributed by atoms with Gasteiger partial charge in [-0.2, -0.15) is 0 Å². The Labute approximate surface area is 133 Å². The van der Waals surface area contributed by atoms with Gasteiger partial charge in [-0.25, -0.2) is 4.79 Å². The Morgan fingerprint density at radius 3 is 2.36 bits per heavy atom. The Kier molecular flexibility index (Phi) is 4.04. The molecule has 6 nitrogen and oxygen atoms in total. The first kappa shape index (κ1) is 17.5. The van der Waals surface area contributed by atoms with E-state index in [9.17, 15) is 4.79 Å². The van der Waals surface area contributed by atoms with Crippen molar-refractivity contribution in [1.29, 1.82) is 0 Å². The highest BCUT2D eigenvalue weighted by atomic mass is 16.8. The fourth-order valence-corrected chi connectivity index (χ4v) is 3.44. The molecule has 2 aliphatic rings. The monoisotopic (exact) mass is 314 g/mol. The van der Waals surface area contributed by atoms with Crippen LogP contribution in [0.2, 0.25) is 0 Å². The molecule has 1 heterocycles. The Balaban J connectivity index is 2.21. The van der Waals surface area contributed by atoms with Gasteiger partial charge in [0.1, 0.15) is 11.7 Å². The number of alkyl carbamates (subject to hydrolysis) is 1. The van der Waals surface area contributed by atoms with E-state index in [1.807, 2.05) is 48.5 Å². The minimum absolute atomic E-state index is 0.101. The van der Waals surface area contributed by atoms with Gasteiger partial charge in [-0.15, -0.1) is 0 Å². The van der Waals surface area contributed by atoms with E-state index in [-0.39, 0.29) is 12.0 Å². The lowest BCUT2D eigenvalue weighted by molar-refractivity contribution is -0.176. The maximum absolute atomic E-state index is 12.2. The van der Waals surface area contributed by atoms with Crippen molar-refractivity contribution in [3.8, 4) is 0 Å². The molecule has 1 saturated carbocycles. The quantitative estimate of drug-likeness (QED) is 0.818. The molecule has 1 amide bonds. The molecule has 0 aromatic rings. The molecule has 0 radical (unpaired) electrons. The summed E-state index contributed by atoms with van der Waals surface area (Å²) in [7, 11) is 0. The van der Waals surface area contributed by atoms with Crippen molar-refractivity contribution in [3.05, 3.63) is 0 Å². The van der Waals surface area contributed by atoms with E-state index in [4.69, 9.17) is 19.9 Å². The van der Waals surface area contributed by atoms with Crippen LogP contribution in [0.1, 0.15) is 61.3 Å². The Hall–Kier alpha value is -0.850. The Morgan fingerprint density at radius 1 is 1.27 bits per heavy atom. The van der Waals surface area contributed by atoms with Crippen LogP contribution in [0.3, 0.4) is 0 Å². The number of nitrogens with one attached hydrogen (secondary N) is 1. The first-order valence-corrected chi connectivity index (χ1v) is 7.92. The van der Waals surface area contributed by atoms with Crippen molar-refractivity contribution in [1.82, 2.24) is 5.32 Å². The molecule has 128 valence electrons. The van der Waals surface area contributed by atoms with Gasteiger partial charge in [-0.3, -0.25) is 5.32 Å². The molecular weight excluding hydrogens is 284 g/mol. The standard InChI is InChI=1S/C16H30N2O4/c1-13(2,3)21-12(19)18-16-9-8-10(14(4,5)17)11(16)20-15(6,7)22-16/h10-11H,8-9,17H2,1-7H3,(H,18,19). The summed E-state index contributed by atoms with van der Waals surface area (Å²) in [6.07, 6.45) is 0.718. The predicted molar refractivity (Wildman–Crippen MR) is 83.1 cm³/mol. The van der Waals surface area contributed by atoms with Gasteiger partial charge in [-0.1, -0.05) is 0 Å². The number of hydrogen-bond donors (Lipinski definition) is 2. The lowest BCUT2D eigenvalue weighted by Gasteiger charge is -2.34.